The number of carbonyl (C=O) groups excluding carboxylic acids is 3. The number of unbranched alkanes of at least 4 members (excludes halogenated alkanes) is 5. The molecule has 2 atom stereocenters. The van der Waals surface area contributed by atoms with E-state index in [9.17, 15) is 19.5 Å². The Balaban J connectivity index is 4.44. The van der Waals surface area contributed by atoms with Crippen LogP contribution in [0.15, 0.2) is 0 Å². The highest BCUT2D eigenvalue weighted by Crippen LogP contribution is 2.10. The number of carboxylic acids is 1. The van der Waals surface area contributed by atoms with Crippen molar-refractivity contribution in [3.8, 4) is 0 Å². The molecule has 0 heterocycles. The van der Waals surface area contributed by atoms with Gasteiger partial charge >= 0.3 is 11.9 Å². The first-order valence-electron chi connectivity index (χ1n) is 11.1. The Morgan fingerprint density at radius 2 is 1.53 bits per heavy atom. The Hall–Kier alpha value is -1.67. The Bertz CT molecular complexity index is 502. The molecule has 0 N–H and O–H groups in total. The highest BCUT2D eigenvalue weighted by molar-refractivity contribution is 5.70. The second-order valence-corrected chi connectivity index (χ2v) is 8.48. The van der Waals surface area contributed by atoms with E-state index in [2.05, 4.69) is 6.92 Å². The fourth-order valence-corrected chi connectivity index (χ4v) is 2.93. The van der Waals surface area contributed by atoms with Gasteiger partial charge in [-0.05, 0) is 6.42 Å². The van der Waals surface area contributed by atoms with Crippen LogP contribution < -0.4 is 5.11 Å². The molecule has 0 saturated heterocycles. The molecular formula is C22H41NO7. The van der Waals surface area contributed by atoms with Gasteiger partial charge in [0.1, 0.15) is 12.6 Å². The minimum atomic E-state index is -1.13. The van der Waals surface area contributed by atoms with E-state index < -0.39 is 18.1 Å². The molecular weight excluding hydrogens is 390 g/mol. The molecule has 0 aliphatic rings. The van der Waals surface area contributed by atoms with Crippen LogP contribution in [0.25, 0.3) is 0 Å². The zero-order chi connectivity index (χ0) is 23.0. The van der Waals surface area contributed by atoms with Crippen LogP contribution in [0.1, 0.15) is 71.6 Å². The quantitative estimate of drug-likeness (QED) is 0.185. The van der Waals surface area contributed by atoms with Gasteiger partial charge in [-0.1, -0.05) is 46.0 Å². The summed E-state index contributed by atoms with van der Waals surface area (Å²) in [6.45, 7) is 3.97. The molecule has 0 aromatic carbocycles. The normalized spacial score (nSPS) is 13.5. The largest absolute Gasteiger partial charge is 0.544 e. The Morgan fingerprint density at radius 1 is 0.900 bits per heavy atom. The molecule has 8 heteroatoms. The minimum Gasteiger partial charge on any atom is -0.544 e. The lowest BCUT2D eigenvalue weighted by Crippen LogP contribution is -2.55. The van der Waals surface area contributed by atoms with Gasteiger partial charge in [0.2, 0.25) is 0 Å². The van der Waals surface area contributed by atoms with E-state index >= 15 is 0 Å². The predicted octanol–water partition coefficient (Wildman–Crippen LogP) is 1.83. The van der Waals surface area contributed by atoms with Gasteiger partial charge in [0, 0.05) is 19.3 Å². The molecule has 0 aromatic rings. The summed E-state index contributed by atoms with van der Waals surface area (Å²) in [5.74, 6) is -1.86. The molecule has 30 heavy (non-hydrogen) atoms. The van der Waals surface area contributed by atoms with Gasteiger partial charge < -0.3 is 28.6 Å². The van der Waals surface area contributed by atoms with Gasteiger partial charge in [-0.25, -0.2) is 0 Å². The maximum absolute atomic E-state index is 12.1. The van der Waals surface area contributed by atoms with E-state index in [4.69, 9.17) is 14.2 Å². The zero-order valence-electron chi connectivity index (χ0n) is 19.4. The first kappa shape index (κ1) is 28.3. The molecule has 0 aliphatic heterocycles. The Kier molecular flexibility index (Phi) is 15.2. The van der Waals surface area contributed by atoms with Crippen LogP contribution in [-0.4, -0.2) is 75.5 Å². The number of aliphatic carboxylic acids is 1. The number of esters is 2. The lowest BCUT2D eigenvalue weighted by atomic mass is 10.1. The molecule has 8 nitrogen and oxygen atoms in total. The van der Waals surface area contributed by atoms with E-state index in [0.717, 1.165) is 19.3 Å². The number of ether oxygens (including phenoxy) is 3. The molecule has 0 fully saturated rings. The van der Waals surface area contributed by atoms with Crippen molar-refractivity contribution in [3.63, 3.8) is 0 Å². The summed E-state index contributed by atoms with van der Waals surface area (Å²) in [6, 6.07) is -0.711. The summed E-state index contributed by atoms with van der Waals surface area (Å²) < 4.78 is 16.3. The second-order valence-electron chi connectivity index (χ2n) is 8.48. The number of hydrogen-bond acceptors (Lipinski definition) is 7. The first-order valence-corrected chi connectivity index (χ1v) is 11.1. The number of rotatable bonds is 18. The van der Waals surface area contributed by atoms with Crippen molar-refractivity contribution < 1.29 is 38.2 Å². The topological polar surface area (TPSA) is 102 Å². The Morgan fingerprint density at radius 3 is 2.10 bits per heavy atom. The van der Waals surface area contributed by atoms with Crippen LogP contribution in [0.3, 0.4) is 0 Å². The van der Waals surface area contributed by atoms with Crippen LogP contribution in [0, 0.1) is 0 Å². The predicted molar refractivity (Wildman–Crippen MR) is 111 cm³/mol. The molecule has 2 unspecified atom stereocenters. The molecule has 0 aromatic heterocycles. The molecule has 0 amide bonds. The second kappa shape index (κ2) is 16.1. The fraction of sp³-hybridized carbons (Fsp3) is 0.864. The lowest BCUT2D eigenvalue weighted by molar-refractivity contribution is -0.889. The van der Waals surface area contributed by atoms with Gasteiger partial charge in [-0.15, -0.1) is 0 Å². The summed E-state index contributed by atoms with van der Waals surface area (Å²) in [4.78, 5) is 34.8. The molecule has 0 radical (unpaired) electrons. The van der Waals surface area contributed by atoms with Crippen molar-refractivity contribution in [3.05, 3.63) is 0 Å². The summed E-state index contributed by atoms with van der Waals surface area (Å²) in [7, 11) is 5.33. The van der Waals surface area contributed by atoms with Crippen LogP contribution in [0.2, 0.25) is 0 Å². The third kappa shape index (κ3) is 14.3. The summed E-state index contributed by atoms with van der Waals surface area (Å²) >= 11 is 0. The van der Waals surface area contributed by atoms with Gasteiger partial charge in [0.25, 0.3) is 0 Å². The SMILES string of the molecule is CCCCCCCCC(=O)OC(COCCC(C(=O)[O-])[N+](C)(C)C)COC(=O)CC. The van der Waals surface area contributed by atoms with Gasteiger partial charge in [-0.2, -0.15) is 0 Å². The zero-order valence-corrected chi connectivity index (χ0v) is 19.4. The molecule has 176 valence electrons. The van der Waals surface area contributed by atoms with Crippen molar-refractivity contribution in [2.45, 2.75) is 83.8 Å². The van der Waals surface area contributed by atoms with Gasteiger partial charge in [0.05, 0.1) is 40.3 Å². The summed E-state index contributed by atoms with van der Waals surface area (Å²) in [5.41, 5.74) is 0. The van der Waals surface area contributed by atoms with Crippen LogP contribution in [0.5, 0.6) is 0 Å². The van der Waals surface area contributed by atoms with Gasteiger partial charge in [-0.3, -0.25) is 9.59 Å². The first-order chi connectivity index (χ1) is 14.1. The molecule has 0 rings (SSSR count). The number of carbonyl (C=O) groups is 3. The van der Waals surface area contributed by atoms with Crippen LogP contribution in [0.4, 0.5) is 0 Å². The monoisotopic (exact) mass is 431 g/mol. The van der Waals surface area contributed by atoms with Crippen molar-refractivity contribution in [2.75, 3.05) is 41.0 Å². The third-order valence-corrected chi connectivity index (χ3v) is 4.80. The lowest BCUT2D eigenvalue weighted by Gasteiger charge is -2.34. The number of hydrogen-bond donors (Lipinski definition) is 0. The fourth-order valence-electron chi connectivity index (χ4n) is 2.93. The third-order valence-electron chi connectivity index (χ3n) is 4.80. The number of nitrogens with zero attached hydrogens (tertiary/aromatic N) is 1. The van der Waals surface area contributed by atoms with E-state index in [1.54, 1.807) is 28.1 Å². The summed E-state index contributed by atoms with van der Waals surface area (Å²) in [6.07, 6.45) is 6.52. The number of quaternary nitrogens is 1. The smallest absolute Gasteiger partial charge is 0.306 e. The van der Waals surface area contributed by atoms with E-state index in [0.29, 0.717) is 6.42 Å². The Labute approximate surface area is 181 Å². The van der Waals surface area contributed by atoms with E-state index in [1.807, 2.05) is 0 Å². The van der Waals surface area contributed by atoms with Crippen molar-refractivity contribution in [1.29, 1.82) is 0 Å². The average Bonchev–Trinajstić information content (AvgIpc) is 2.66. The van der Waals surface area contributed by atoms with Gasteiger partial charge in [0.15, 0.2) is 6.10 Å². The maximum atomic E-state index is 12.1. The minimum absolute atomic E-state index is 0.0378. The summed E-state index contributed by atoms with van der Waals surface area (Å²) in [5, 5.41) is 11.3. The number of carboxylic acid groups (broad SMARTS) is 1. The molecule has 0 spiro atoms. The maximum Gasteiger partial charge on any atom is 0.306 e. The standard InChI is InChI=1S/C22H41NO7/c1-6-8-9-10-11-12-13-21(25)30-18(17-29-20(24)7-2)16-28-15-14-19(22(26)27)23(3,4)5/h18-19H,6-17H2,1-5H3. The van der Waals surface area contributed by atoms with E-state index in [-0.39, 0.29) is 49.1 Å². The van der Waals surface area contributed by atoms with Crippen molar-refractivity contribution >= 4 is 17.9 Å². The highest BCUT2D eigenvalue weighted by atomic mass is 16.6. The highest BCUT2D eigenvalue weighted by Gasteiger charge is 2.25. The number of likely N-dealkylation sites (N-methyl/N-ethyl adjacent to an activating group) is 1. The average molecular weight is 432 g/mol. The molecule has 0 bridgehead atoms. The van der Waals surface area contributed by atoms with Crippen molar-refractivity contribution in [2.24, 2.45) is 0 Å². The molecule has 0 saturated carbocycles. The van der Waals surface area contributed by atoms with Crippen LogP contribution in [-0.2, 0) is 28.6 Å². The van der Waals surface area contributed by atoms with Crippen molar-refractivity contribution in [1.82, 2.24) is 0 Å². The van der Waals surface area contributed by atoms with E-state index in [1.165, 1.54) is 19.3 Å². The molecule has 0 aliphatic carbocycles. The van der Waals surface area contributed by atoms with Crippen LogP contribution >= 0.6 is 0 Å².